The fourth-order valence-corrected chi connectivity index (χ4v) is 2.56. The van der Waals surface area contributed by atoms with Crippen LogP contribution in [0.25, 0.3) is 0 Å². The molecule has 1 aromatic heterocycles. The number of benzene rings is 1. The fraction of sp³-hybridized carbons (Fsp3) is 0.278. The number of nitrogens with zero attached hydrogens (tertiary/aromatic N) is 2. The van der Waals surface area contributed by atoms with Crippen LogP contribution in [0, 0.1) is 0 Å². The first-order chi connectivity index (χ1) is 12.7. The van der Waals surface area contributed by atoms with E-state index in [-0.39, 0.29) is 36.1 Å². The molecule has 0 aliphatic carbocycles. The van der Waals surface area contributed by atoms with Crippen LogP contribution in [0.4, 0.5) is 18.9 Å². The molecule has 0 fully saturated rings. The number of pyridine rings is 1. The summed E-state index contributed by atoms with van der Waals surface area (Å²) in [6.45, 7) is 1.30. The summed E-state index contributed by atoms with van der Waals surface area (Å²) in [5.74, 6) is -0.885. The van der Waals surface area contributed by atoms with Crippen molar-refractivity contribution in [1.82, 2.24) is 10.3 Å². The predicted octanol–water partition coefficient (Wildman–Crippen LogP) is 3.81. The molecule has 144 valence electrons. The molecule has 2 aromatic rings. The second-order valence-corrected chi connectivity index (χ2v) is 6.09. The molecule has 1 aromatic carbocycles. The maximum absolute atomic E-state index is 12.9. The number of aromatic nitrogens is 1. The van der Waals surface area contributed by atoms with E-state index in [1.54, 1.807) is 24.4 Å². The van der Waals surface area contributed by atoms with E-state index in [2.05, 4.69) is 10.3 Å². The Balaban J connectivity index is 2.05. The number of halogens is 4. The maximum atomic E-state index is 12.9. The molecule has 0 saturated heterocycles. The Morgan fingerprint density at radius 3 is 2.56 bits per heavy atom. The van der Waals surface area contributed by atoms with Crippen LogP contribution in [-0.2, 0) is 22.3 Å². The van der Waals surface area contributed by atoms with Crippen molar-refractivity contribution in [3.63, 3.8) is 0 Å². The Labute approximate surface area is 159 Å². The highest BCUT2D eigenvalue weighted by Gasteiger charge is 2.32. The Morgan fingerprint density at radius 2 is 1.96 bits per heavy atom. The summed E-state index contributed by atoms with van der Waals surface area (Å²) in [4.78, 5) is 29.0. The molecular formula is C18H17ClF3N3O2. The summed E-state index contributed by atoms with van der Waals surface area (Å²) < 4.78 is 38.8. The van der Waals surface area contributed by atoms with E-state index < -0.39 is 17.6 Å². The summed E-state index contributed by atoms with van der Waals surface area (Å²) in [6.07, 6.45) is -3.07. The van der Waals surface area contributed by atoms with E-state index in [9.17, 15) is 22.8 Å². The third kappa shape index (κ3) is 5.96. The van der Waals surface area contributed by atoms with Gasteiger partial charge in [0.25, 0.3) is 0 Å². The molecule has 2 rings (SSSR count). The number of alkyl halides is 3. The van der Waals surface area contributed by atoms with E-state index in [0.29, 0.717) is 5.69 Å². The lowest BCUT2D eigenvalue weighted by Gasteiger charge is -2.23. The van der Waals surface area contributed by atoms with Gasteiger partial charge in [-0.2, -0.15) is 13.2 Å². The summed E-state index contributed by atoms with van der Waals surface area (Å²) in [7, 11) is 0. The van der Waals surface area contributed by atoms with Crippen molar-refractivity contribution >= 4 is 29.1 Å². The van der Waals surface area contributed by atoms with Crippen LogP contribution in [0.2, 0.25) is 5.02 Å². The molecule has 0 atom stereocenters. The van der Waals surface area contributed by atoms with E-state index >= 15 is 0 Å². The molecule has 0 bridgehead atoms. The molecule has 2 amide bonds. The van der Waals surface area contributed by atoms with Crippen molar-refractivity contribution in [3.05, 3.63) is 58.9 Å². The second-order valence-electron chi connectivity index (χ2n) is 5.68. The molecule has 0 radical (unpaired) electrons. The Kier molecular flexibility index (Phi) is 6.79. The largest absolute Gasteiger partial charge is 0.416 e. The van der Waals surface area contributed by atoms with Crippen molar-refractivity contribution in [1.29, 1.82) is 0 Å². The average Bonchev–Trinajstić information content (AvgIpc) is 2.61. The minimum atomic E-state index is -4.57. The monoisotopic (exact) mass is 399 g/mol. The van der Waals surface area contributed by atoms with Crippen LogP contribution in [0.3, 0.4) is 0 Å². The first kappa shape index (κ1) is 20.7. The van der Waals surface area contributed by atoms with E-state index in [1.807, 2.05) is 0 Å². The lowest BCUT2D eigenvalue weighted by Crippen LogP contribution is -2.34. The van der Waals surface area contributed by atoms with Crippen molar-refractivity contribution in [2.75, 3.05) is 11.4 Å². The van der Waals surface area contributed by atoms with Gasteiger partial charge in [-0.25, -0.2) is 0 Å². The third-order valence-electron chi connectivity index (χ3n) is 3.70. The molecule has 9 heteroatoms. The van der Waals surface area contributed by atoms with Crippen molar-refractivity contribution in [2.24, 2.45) is 0 Å². The van der Waals surface area contributed by atoms with Gasteiger partial charge in [0.15, 0.2) is 0 Å². The van der Waals surface area contributed by atoms with Gasteiger partial charge in [0.1, 0.15) is 0 Å². The van der Waals surface area contributed by atoms with E-state index in [4.69, 9.17) is 11.6 Å². The minimum absolute atomic E-state index is 0.00732. The third-order valence-corrected chi connectivity index (χ3v) is 4.02. The normalized spacial score (nSPS) is 11.1. The van der Waals surface area contributed by atoms with Crippen LogP contribution in [0.15, 0.2) is 42.6 Å². The van der Waals surface area contributed by atoms with Crippen LogP contribution >= 0.6 is 11.6 Å². The number of nitrogens with one attached hydrogen (secondary N) is 1. The molecule has 1 heterocycles. The molecule has 5 nitrogen and oxygen atoms in total. The van der Waals surface area contributed by atoms with Crippen LogP contribution < -0.4 is 10.2 Å². The first-order valence-corrected chi connectivity index (χ1v) is 8.37. The molecule has 0 spiro atoms. The Morgan fingerprint density at radius 1 is 1.22 bits per heavy atom. The zero-order valence-electron chi connectivity index (χ0n) is 14.4. The summed E-state index contributed by atoms with van der Waals surface area (Å²) in [5.41, 5.74) is -0.348. The number of anilines is 1. The van der Waals surface area contributed by atoms with Gasteiger partial charge in [-0.15, -0.1) is 0 Å². The zero-order chi connectivity index (χ0) is 20.0. The number of carbonyl (C=O) groups is 2. The quantitative estimate of drug-likeness (QED) is 0.803. The number of carbonyl (C=O) groups excluding carboxylic acids is 2. The van der Waals surface area contributed by atoms with Gasteiger partial charge in [-0.3, -0.25) is 14.6 Å². The topological polar surface area (TPSA) is 62.3 Å². The van der Waals surface area contributed by atoms with Gasteiger partial charge < -0.3 is 10.2 Å². The molecule has 0 saturated carbocycles. The Hall–Kier alpha value is -2.61. The lowest BCUT2D eigenvalue weighted by molar-refractivity contribution is -0.137. The molecular weight excluding hydrogens is 383 g/mol. The number of amides is 2. The smallest absolute Gasteiger partial charge is 0.350 e. The van der Waals surface area contributed by atoms with Gasteiger partial charge in [0.05, 0.1) is 28.5 Å². The number of rotatable bonds is 6. The van der Waals surface area contributed by atoms with Crippen LogP contribution in [-0.4, -0.2) is 23.3 Å². The van der Waals surface area contributed by atoms with Crippen molar-refractivity contribution in [3.8, 4) is 0 Å². The minimum Gasteiger partial charge on any atom is -0.350 e. The molecule has 1 N–H and O–H groups in total. The standard InChI is InChI=1S/C18H17ClF3N3O2/c1-12(26)25(16-10-13(18(20,21)22)5-6-15(16)19)9-7-17(27)24-11-14-4-2-3-8-23-14/h2-6,8,10H,7,9,11H2,1H3,(H,24,27). The SMILES string of the molecule is CC(=O)N(CCC(=O)NCc1ccccn1)c1cc(C(F)(F)F)ccc1Cl. The van der Waals surface area contributed by atoms with Gasteiger partial charge in [-0.05, 0) is 30.3 Å². The molecule has 27 heavy (non-hydrogen) atoms. The van der Waals surface area contributed by atoms with Gasteiger partial charge >= 0.3 is 6.18 Å². The predicted molar refractivity (Wildman–Crippen MR) is 95.2 cm³/mol. The average molecular weight is 400 g/mol. The maximum Gasteiger partial charge on any atom is 0.416 e. The second kappa shape index (κ2) is 8.85. The fourth-order valence-electron chi connectivity index (χ4n) is 2.34. The number of hydrogen-bond acceptors (Lipinski definition) is 3. The Bertz CT molecular complexity index is 813. The molecule has 0 aliphatic heterocycles. The van der Waals surface area contributed by atoms with Gasteiger partial charge in [-0.1, -0.05) is 17.7 Å². The van der Waals surface area contributed by atoms with Crippen molar-refractivity contribution < 1.29 is 22.8 Å². The van der Waals surface area contributed by atoms with Crippen molar-refractivity contribution in [2.45, 2.75) is 26.1 Å². The number of hydrogen-bond donors (Lipinski definition) is 1. The van der Waals surface area contributed by atoms with E-state index in [1.165, 1.54) is 6.92 Å². The molecule has 0 aliphatic rings. The summed E-state index contributed by atoms with van der Waals surface area (Å²) in [5, 5.41) is 2.64. The van der Waals surface area contributed by atoms with Gasteiger partial charge in [0, 0.05) is 26.1 Å². The zero-order valence-corrected chi connectivity index (χ0v) is 15.1. The van der Waals surface area contributed by atoms with E-state index in [0.717, 1.165) is 23.1 Å². The van der Waals surface area contributed by atoms with Crippen LogP contribution in [0.1, 0.15) is 24.6 Å². The highest BCUT2D eigenvalue weighted by molar-refractivity contribution is 6.33. The summed E-state index contributed by atoms with van der Waals surface area (Å²) in [6, 6.07) is 7.98. The highest BCUT2D eigenvalue weighted by Crippen LogP contribution is 2.35. The lowest BCUT2D eigenvalue weighted by atomic mass is 10.1. The highest BCUT2D eigenvalue weighted by atomic mass is 35.5. The first-order valence-electron chi connectivity index (χ1n) is 8.00. The molecule has 0 unspecified atom stereocenters. The summed E-state index contributed by atoms with van der Waals surface area (Å²) >= 11 is 5.97. The van der Waals surface area contributed by atoms with Crippen LogP contribution in [0.5, 0.6) is 0 Å². The van der Waals surface area contributed by atoms with Gasteiger partial charge in [0.2, 0.25) is 11.8 Å².